The molecular weight excluding hydrogens is 472 g/mol. The third kappa shape index (κ3) is 8.89. The van der Waals surface area contributed by atoms with Crippen molar-refractivity contribution in [1.29, 1.82) is 0 Å². The lowest BCUT2D eigenvalue weighted by atomic mass is 10.0. The van der Waals surface area contributed by atoms with Crippen LogP contribution in [0.15, 0.2) is 48.5 Å². The Balaban J connectivity index is 2.11. The van der Waals surface area contributed by atoms with Gasteiger partial charge in [-0.05, 0) is 48.7 Å². The number of nitrogens with one attached hydrogen (secondary N) is 3. The summed E-state index contributed by atoms with van der Waals surface area (Å²) in [6, 6.07) is 8.10. The number of phenolic OH excluding ortho intramolecular Hbond substituents is 2. The maximum absolute atomic E-state index is 12.9. The number of nitrogens with two attached hydrogens (primary N) is 1. The normalized spacial score (nSPS) is 14.1. The Hall–Kier alpha value is -4.16. The molecule has 0 saturated heterocycles. The van der Waals surface area contributed by atoms with Gasteiger partial charge in [-0.2, -0.15) is 0 Å². The molecule has 4 unspecified atom stereocenters. The van der Waals surface area contributed by atoms with Gasteiger partial charge in [0.05, 0.1) is 12.1 Å². The van der Waals surface area contributed by atoms with Crippen molar-refractivity contribution in [3.8, 4) is 11.5 Å². The first-order valence-corrected chi connectivity index (χ1v) is 11.1. The van der Waals surface area contributed by atoms with Crippen LogP contribution < -0.4 is 21.7 Å². The van der Waals surface area contributed by atoms with Gasteiger partial charge in [0.15, 0.2) is 0 Å². The molecule has 0 aliphatic carbocycles. The van der Waals surface area contributed by atoms with Crippen LogP contribution in [0.4, 0.5) is 0 Å². The zero-order valence-corrected chi connectivity index (χ0v) is 19.5. The van der Waals surface area contributed by atoms with Crippen molar-refractivity contribution < 1.29 is 39.6 Å². The number of carbonyl (C=O) groups excluding carboxylic acids is 3. The average Bonchev–Trinajstić information content (AvgIpc) is 2.82. The fourth-order valence-electron chi connectivity index (χ4n) is 3.27. The molecule has 0 aromatic heterocycles. The second-order valence-electron chi connectivity index (χ2n) is 8.25. The second-order valence-corrected chi connectivity index (χ2v) is 8.25. The highest BCUT2D eigenvalue weighted by atomic mass is 16.4. The summed E-state index contributed by atoms with van der Waals surface area (Å²) in [5.41, 5.74) is 7.16. The van der Waals surface area contributed by atoms with Gasteiger partial charge in [0.25, 0.3) is 0 Å². The number of aliphatic hydroxyl groups is 1. The summed E-state index contributed by atoms with van der Waals surface area (Å²) < 4.78 is 0. The molecule has 2 rings (SSSR count). The van der Waals surface area contributed by atoms with Crippen LogP contribution in [-0.4, -0.2) is 74.9 Å². The molecule has 0 bridgehead atoms. The number of carboxylic acids is 1. The van der Waals surface area contributed by atoms with Gasteiger partial charge in [-0.1, -0.05) is 24.3 Å². The quantitative estimate of drug-likeness (QED) is 0.174. The molecule has 0 radical (unpaired) electrons. The van der Waals surface area contributed by atoms with Crippen LogP contribution in [0.25, 0.3) is 0 Å². The zero-order chi connectivity index (χ0) is 26.8. The van der Waals surface area contributed by atoms with Crippen LogP contribution in [0.3, 0.4) is 0 Å². The van der Waals surface area contributed by atoms with Gasteiger partial charge in [0.1, 0.15) is 30.1 Å². The first-order chi connectivity index (χ1) is 17.0. The standard InChI is InChI=1S/C24H30N4O8/c1-13(29)21(28-22(34)18(25)10-14-2-6-16(30)7-3-14)24(36)27-19(23(35)26-12-20(32)33)11-15-4-8-17(31)9-5-15/h2-9,13,18-19,21,29-31H,10-12,25H2,1H3,(H,26,35)(H,27,36)(H,28,34)(H,32,33). The highest BCUT2D eigenvalue weighted by Crippen LogP contribution is 2.13. The van der Waals surface area contributed by atoms with E-state index >= 15 is 0 Å². The van der Waals surface area contributed by atoms with Crippen molar-refractivity contribution in [3.63, 3.8) is 0 Å². The summed E-state index contributed by atoms with van der Waals surface area (Å²) in [4.78, 5) is 49.0. The molecule has 194 valence electrons. The predicted molar refractivity (Wildman–Crippen MR) is 128 cm³/mol. The van der Waals surface area contributed by atoms with E-state index in [9.17, 15) is 34.5 Å². The van der Waals surface area contributed by atoms with Crippen LogP contribution in [0.1, 0.15) is 18.1 Å². The molecule has 12 heteroatoms. The monoisotopic (exact) mass is 502 g/mol. The third-order valence-electron chi connectivity index (χ3n) is 5.21. The Labute approximate surface area is 207 Å². The molecule has 0 aliphatic rings. The molecule has 0 aliphatic heterocycles. The fourth-order valence-corrected chi connectivity index (χ4v) is 3.27. The van der Waals surface area contributed by atoms with Crippen LogP contribution in [0.2, 0.25) is 0 Å². The highest BCUT2D eigenvalue weighted by Gasteiger charge is 2.31. The number of rotatable bonds is 12. The number of carboxylic acid groups (broad SMARTS) is 1. The second kappa shape index (κ2) is 13.1. The number of hydrogen-bond acceptors (Lipinski definition) is 8. The van der Waals surface area contributed by atoms with Gasteiger partial charge >= 0.3 is 5.97 Å². The van der Waals surface area contributed by atoms with Crippen molar-refractivity contribution in [1.82, 2.24) is 16.0 Å². The van der Waals surface area contributed by atoms with E-state index in [2.05, 4.69) is 16.0 Å². The molecule has 36 heavy (non-hydrogen) atoms. The number of amides is 3. The van der Waals surface area contributed by atoms with E-state index in [1.54, 1.807) is 12.1 Å². The molecule has 2 aromatic rings. The smallest absolute Gasteiger partial charge is 0.322 e. The first-order valence-electron chi connectivity index (χ1n) is 11.1. The minimum Gasteiger partial charge on any atom is -0.508 e. The van der Waals surface area contributed by atoms with Crippen molar-refractivity contribution in [2.75, 3.05) is 6.54 Å². The maximum Gasteiger partial charge on any atom is 0.322 e. The third-order valence-corrected chi connectivity index (χ3v) is 5.21. The van der Waals surface area contributed by atoms with E-state index in [1.165, 1.54) is 43.3 Å². The lowest BCUT2D eigenvalue weighted by Gasteiger charge is -2.25. The number of phenols is 2. The minimum absolute atomic E-state index is 0.00445. The van der Waals surface area contributed by atoms with Gasteiger partial charge < -0.3 is 42.1 Å². The van der Waals surface area contributed by atoms with Gasteiger partial charge in [0.2, 0.25) is 17.7 Å². The van der Waals surface area contributed by atoms with E-state index in [0.717, 1.165) is 0 Å². The molecule has 0 saturated carbocycles. The summed E-state index contributed by atoms with van der Waals surface area (Å²) in [5.74, 6) is -3.64. The summed E-state index contributed by atoms with van der Waals surface area (Å²) >= 11 is 0. The van der Waals surface area contributed by atoms with Gasteiger partial charge in [-0.25, -0.2) is 0 Å². The topological polar surface area (TPSA) is 211 Å². The van der Waals surface area contributed by atoms with Crippen molar-refractivity contribution >= 4 is 23.7 Å². The Morgan fingerprint density at radius 2 is 1.31 bits per heavy atom. The number of aliphatic hydroxyl groups excluding tert-OH is 1. The van der Waals surface area contributed by atoms with Crippen LogP contribution >= 0.6 is 0 Å². The SMILES string of the molecule is CC(O)C(NC(=O)C(N)Cc1ccc(O)cc1)C(=O)NC(Cc1ccc(O)cc1)C(=O)NCC(=O)O. The van der Waals surface area contributed by atoms with E-state index in [0.29, 0.717) is 11.1 Å². The molecule has 2 aromatic carbocycles. The lowest BCUT2D eigenvalue weighted by Crippen LogP contribution is -2.59. The Morgan fingerprint density at radius 3 is 1.78 bits per heavy atom. The average molecular weight is 503 g/mol. The van der Waals surface area contributed by atoms with Crippen LogP contribution in [0.5, 0.6) is 11.5 Å². The summed E-state index contributed by atoms with van der Waals surface area (Å²) in [6.45, 7) is 0.596. The number of aliphatic carboxylic acids is 1. The number of aromatic hydroxyl groups is 2. The minimum atomic E-state index is -1.46. The van der Waals surface area contributed by atoms with E-state index in [-0.39, 0.29) is 24.3 Å². The Kier molecular flexibility index (Phi) is 10.2. The summed E-state index contributed by atoms with van der Waals surface area (Å²) in [7, 11) is 0. The van der Waals surface area contributed by atoms with Gasteiger partial charge in [-0.15, -0.1) is 0 Å². The van der Waals surface area contributed by atoms with Crippen LogP contribution in [0, 0.1) is 0 Å². The highest BCUT2D eigenvalue weighted by molar-refractivity contribution is 5.94. The number of carbonyl (C=O) groups is 4. The van der Waals surface area contributed by atoms with Gasteiger partial charge in [0, 0.05) is 6.42 Å². The largest absolute Gasteiger partial charge is 0.508 e. The molecule has 3 amide bonds. The number of benzene rings is 2. The molecule has 4 atom stereocenters. The maximum atomic E-state index is 12.9. The first kappa shape index (κ1) is 28.1. The Morgan fingerprint density at radius 1 is 0.806 bits per heavy atom. The van der Waals surface area contributed by atoms with E-state index < -0.39 is 54.5 Å². The molecule has 9 N–H and O–H groups in total. The molecular formula is C24H30N4O8. The number of hydrogen-bond donors (Lipinski definition) is 8. The van der Waals surface area contributed by atoms with Crippen molar-refractivity contribution in [2.45, 2.75) is 44.0 Å². The zero-order valence-electron chi connectivity index (χ0n) is 19.5. The van der Waals surface area contributed by atoms with E-state index in [1.807, 2.05) is 0 Å². The molecule has 0 spiro atoms. The molecule has 12 nitrogen and oxygen atoms in total. The molecule has 0 heterocycles. The fraction of sp³-hybridized carbons (Fsp3) is 0.333. The van der Waals surface area contributed by atoms with Crippen molar-refractivity contribution in [2.24, 2.45) is 5.73 Å². The summed E-state index contributed by atoms with van der Waals surface area (Å²) in [5, 5.41) is 44.8. The Bertz CT molecular complexity index is 1060. The van der Waals surface area contributed by atoms with Crippen LogP contribution in [-0.2, 0) is 32.0 Å². The molecule has 0 fully saturated rings. The van der Waals surface area contributed by atoms with E-state index in [4.69, 9.17) is 10.8 Å². The predicted octanol–water partition coefficient (Wildman–Crippen LogP) is -1.24. The lowest BCUT2D eigenvalue weighted by molar-refractivity contribution is -0.138. The van der Waals surface area contributed by atoms with Crippen molar-refractivity contribution in [3.05, 3.63) is 59.7 Å². The summed E-state index contributed by atoms with van der Waals surface area (Å²) in [6.07, 6.45) is -1.31. The van der Waals surface area contributed by atoms with Gasteiger partial charge in [-0.3, -0.25) is 19.2 Å².